The molecule has 0 aliphatic carbocycles. The van der Waals surface area contributed by atoms with Gasteiger partial charge in [0.2, 0.25) is 0 Å². The van der Waals surface area contributed by atoms with Crippen molar-refractivity contribution in [1.82, 2.24) is 29.8 Å². The highest BCUT2D eigenvalue weighted by Crippen LogP contribution is 2.36. The number of carbonyl (C=O) groups excluding carboxylic acids is 1. The normalized spacial score (nSPS) is 14.5. The lowest BCUT2D eigenvalue weighted by atomic mass is 9.85. The summed E-state index contributed by atoms with van der Waals surface area (Å²) in [6.07, 6.45) is 8.42. The van der Waals surface area contributed by atoms with Crippen LogP contribution in [0.3, 0.4) is 0 Å². The van der Waals surface area contributed by atoms with Gasteiger partial charge in [0.25, 0.3) is 5.91 Å². The van der Waals surface area contributed by atoms with Crippen molar-refractivity contribution < 1.29 is 9.53 Å². The summed E-state index contributed by atoms with van der Waals surface area (Å²) in [5.74, 6) is 0.528. The summed E-state index contributed by atoms with van der Waals surface area (Å²) in [6, 6.07) is 13.7. The van der Waals surface area contributed by atoms with Crippen molar-refractivity contribution in [3.05, 3.63) is 83.3 Å². The number of hydrogen-bond acceptors (Lipinski definition) is 7. The minimum atomic E-state index is -0.204. The molecule has 0 atom stereocenters. The van der Waals surface area contributed by atoms with E-state index in [4.69, 9.17) is 4.74 Å². The minimum Gasteiger partial charge on any atom is -0.494 e. The molecule has 0 spiro atoms. The molecule has 0 radical (unpaired) electrons. The number of carbonyl (C=O) groups is 1. The van der Waals surface area contributed by atoms with E-state index >= 15 is 0 Å². The molecule has 0 bridgehead atoms. The van der Waals surface area contributed by atoms with Crippen LogP contribution in [-0.2, 0) is 11.8 Å². The number of ether oxygens (including phenoxy) is 1. The van der Waals surface area contributed by atoms with Crippen LogP contribution in [0, 0.1) is 6.92 Å². The summed E-state index contributed by atoms with van der Waals surface area (Å²) < 4.78 is 7.64. The highest BCUT2D eigenvalue weighted by atomic mass is 16.5. The first kappa shape index (κ1) is 31.3. The standard InChI is InChI=1S/C35H45N7O2/c1-25-12-13-27(21-32(25)42-24-31(38-39-42)28-11-9-14-36-23-28)34(43)37-30-22-29(35(2,3)4)20-26(33(30)44-6)10-7-8-15-41-18-16-40(5)17-19-41/h9,11-14,20-24H,7-8,10,15-19H2,1-6H3,(H,37,43). The Hall–Kier alpha value is -4.08. The van der Waals surface area contributed by atoms with Gasteiger partial charge >= 0.3 is 0 Å². The second-order valence-electron chi connectivity index (χ2n) is 12.8. The molecule has 2 aromatic carbocycles. The average Bonchev–Trinajstić information content (AvgIpc) is 3.50. The number of likely N-dealkylation sites (N-methyl/N-ethyl adjacent to an activating group) is 1. The SMILES string of the molecule is COc1c(CCCCN2CCN(C)CC2)cc(C(C)(C)C)cc1NC(=O)c1ccc(C)c(-n2cc(-c3cccnc3)nn2)c1. The number of piperazine rings is 1. The van der Waals surface area contributed by atoms with Gasteiger partial charge in [-0.15, -0.1) is 5.10 Å². The van der Waals surface area contributed by atoms with E-state index in [0.717, 1.165) is 85.7 Å². The molecular weight excluding hydrogens is 550 g/mol. The molecule has 232 valence electrons. The van der Waals surface area contributed by atoms with Crippen molar-refractivity contribution >= 4 is 11.6 Å². The molecule has 1 amide bonds. The number of anilines is 1. The number of amides is 1. The Bertz CT molecular complexity index is 1570. The van der Waals surface area contributed by atoms with Crippen LogP contribution in [0.5, 0.6) is 5.75 Å². The fourth-order valence-corrected chi connectivity index (χ4v) is 5.58. The lowest BCUT2D eigenvalue weighted by Crippen LogP contribution is -2.44. The molecule has 2 aromatic heterocycles. The third kappa shape index (κ3) is 7.52. The summed E-state index contributed by atoms with van der Waals surface area (Å²) in [6.45, 7) is 14.2. The van der Waals surface area contributed by atoms with Crippen molar-refractivity contribution in [2.45, 2.75) is 52.4 Å². The number of methoxy groups -OCH3 is 1. The summed E-state index contributed by atoms with van der Waals surface area (Å²) in [4.78, 5) is 22.8. The maximum Gasteiger partial charge on any atom is 0.255 e. The molecule has 9 nitrogen and oxygen atoms in total. The zero-order valence-electron chi connectivity index (χ0n) is 26.9. The van der Waals surface area contributed by atoms with Crippen LogP contribution in [0.25, 0.3) is 16.9 Å². The van der Waals surface area contributed by atoms with Crippen molar-refractivity contribution in [2.75, 3.05) is 52.2 Å². The van der Waals surface area contributed by atoms with E-state index in [1.165, 1.54) is 0 Å². The van der Waals surface area contributed by atoms with Gasteiger partial charge in [0.05, 0.1) is 24.7 Å². The molecule has 0 unspecified atom stereocenters. The first-order chi connectivity index (χ1) is 21.1. The Balaban J connectivity index is 1.35. The van der Waals surface area contributed by atoms with Gasteiger partial charge in [0.15, 0.2) is 0 Å². The number of aryl methyl sites for hydroxylation is 2. The van der Waals surface area contributed by atoms with Gasteiger partial charge in [-0.1, -0.05) is 38.1 Å². The molecule has 1 fully saturated rings. The van der Waals surface area contributed by atoms with Crippen LogP contribution in [0.15, 0.2) is 61.1 Å². The number of benzene rings is 2. The van der Waals surface area contributed by atoms with Crippen LogP contribution < -0.4 is 10.1 Å². The van der Waals surface area contributed by atoms with E-state index in [1.54, 1.807) is 24.2 Å². The van der Waals surface area contributed by atoms with Gasteiger partial charge in [0.1, 0.15) is 11.4 Å². The highest BCUT2D eigenvalue weighted by molar-refractivity contribution is 6.05. The maximum absolute atomic E-state index is 13.7. The lowest BCUT2D eigenvalue weighted by molar-refractivity contribution is 0.102. The van der Waals surface area contributed by atoms with Crippen molar-refractivity contribution in [1.29, 1.82) is 0 Å². The predicted octanol–water partition coefficient (Wildman–Crippen LogP) is 5.77. The summed E-state index contributed by atoms with van der Waals surface area (Å²) in [5, 5.41) is 11.8. The molecule has 5 rings (SSSR count). The van der Waals surface area contributed by atoms with E-state index in [1.807, 2.05) is 43.5 Å². The van der Waals surface area contributed by atoms with Crippen LogP contribution in [-0.4, -0.2) is 82.6 Å². The summed E-state index contributed by atoms with van der Waals surface area (Å²) >= 11 is 0. The minimum absolute atomic E-state index is 0.0869. The molecule has 0 saturated carbocycles. The summed E-state index contributed by atoms with van der Waals surface area (Å²) in [7, 11) is 3.88. The Labute approximate surface area is 261 Å². The number of pyridine rings is 1. The molecule has 44 heavy (non-hydrogen) atoms. The molecular formula is C35H45N7O2. The van der Waals surface area contributed by atoms with Crippen LogP contribution in [0.4, 0.5) is 5.69 Å². The smallest absolute Gasteiger partial charge is 0.255 e. The van der Waals surface area contributed by atoms with Gasteiger partial charge in [0, 0.05) is 49.7 Å². The number of nitrogens with zero attached hydrogens (tertiary/aromatic N) is 6. The third-order valence-electron chi connectivity index (χ3n) is 8.42. The van der Waals surface area contributed by atoms with E-state index in [2.05, 4.69) is 70.4 Å². The monoisotopic (exact) mass is 595 g/mol. The fourth-order valence-electron chi connectivity index (χ4n) is 5.58. The second kappa shape index (κ2) is 13.7. The Kier molecular flexibility index (Phi) is 9.76. The maximum atomic E-state index is 13.7. The number of nitrogens with one attached hydrogen (secondary N) is 1. The number of aromatic nitrogens is 4. The Morgan fingerprint density at radius 1 is 1.05 bits per heavy atom. The predicted molar refractivity (Wildman–Crippen MR) is 176 cm³/mol. The van der Waals surface area contributed by atoms with E-state index in [9.17, 15) is 4.79 Å². The Morgan fingerprint density at radius 2 is 1.84 bits per heavy atom. The van der Waals surface area contributed by atoms with Gasteiger partial charge in [-0.25, -0.2) is 4.68 Å². The number of unbranched alkanes of at least 4 members (excludes halogenated alkanes) is 1. The molecule has 9 heteroatoms. The van der Waals surface area contributed by atoms with Gasteiger partial charge < -0.3 is 19.9 Å². The van der Waals surface area contributed by atoms with Crippen molar-refractivity contribution in [2.24, 2.45) is 0 Å². The quantitative estimate of drug-likeness (QED) is 0.233. The van der Waals surface area contributed by atoms with E-state index in [-0.39, 0.29) is 11.3 Å². The second-order valence-corrected chi connectivity index (χ2v) is 12.8. The average molecular weight is 596 g/mol. The van der Waals surface area contributed by atoms with Gasteiger partial charge in [-0.05, 0) is 92.2 Å². The third-order valence-corrected chi connectivity index (χ3v) is 8.42. The topological polar surface area (TPSA) is 88.4 Å². The van der Waals surface area contributed by atoms with Gasteiger partial charge in [-0.2, -0.15) is 0 Å². The number of rotatable bonds is 10. The van der Waals surface area contributed by atoms with E-state index < -0.39 is 0 Å². The fraction of sp³-hybridized carbons (Fsp3) is 0.429. The molecule has 3 heterocycles. The van der Waals surface area contributed by atoms with Crippen molar-refractivity contribution in [3.63, 3.8) is 0 Å². The first-order valence-electron chi connectivity index (χ1n) is 15.5. The molecule has 1 N–H and O–H groups in total. The van der Waals surface area contributed by atoms with Crippen LogP contribution in [0.2, 0.25) is 0 Å². The molecule has 1 aliphatic heterocycles. The molecule has 4 aromatic rings. The van der Waals surface area contributed by atoms with Crippen LogP contribution >= 0.6 is 0 Å². The molecule has 1 aliphatic rings. The largest absolute Gasteiger partial charge is 0.494 e. The van der Waals surface area contributed by atoms with Crippen LogP contribution in [0.1, 0.15) is 60.7 Å². The van der Waals surface area contributed by atoms with Crippen molar-refractivity contribution in [3.8, 4) is 22.7 Å². The molecule has 1 saturated heterocycles. The van der Waals surface area contributed by atoms with E-state index in [0.29, 0.717) is 16.9 Å². The highest BCUT2D eigenvalue weighted by Gasteiger charge is 2.22. The van der Waals surface area contributed by atoms with Gasteiger partial charge in [-0.3, -0.25) is 9.78 Å². The first-order valence-corrected chi connectivity index (χ1v) is 15.5. The Morgan fingerprint density at radius 3 is 2.55 bits per heavy atom. The zero-order chi connectivity index (χ0) is 31.3. The number of hydrogen-bond donors (Lipinski definition) is 1. The lowest BCUT2D eigenvalue weighted by Gasteiger charge is -2.32. The zero-order valence-corrected chi connectivity index (χ0v) is 26.9. The summed E-state index contributed by atoms with van der Waals surface area (Å²) in [5.41, 5.74) is 6.80.